The van der Waals surface area contributed by atoms with Crippen LogP contribution < -0.4 is 15.8 Å². The minimum absolute atomic E-state index is 0.0242. The predicted octanol–water partition coefficient (Wildman–Crippen LogP) is 4.04. The maximum Gasteiger partial charge on any atom is 0.417 e. The molecule has 0 unspecified atom stereocenters. The molecule has 1 aliphatic heterocycles. The van der Waals surface area contributed by atoms with Gasteiger partial charge >= 0.3 is 12.1 Å². The fraction of sp³-hybridized carbons (Fsp3) is 0.355. The van der Waals surface area contributed by atoms with E-state index < -0.39 is 58.0 Å². The molecule has 46 heavy (non-hydrogen) atoms. The minimum atomic E-state index is -4.85. The number of morpholine rings is 1. The highest BCUT2D eigenvalue weighted by Crippen LogP contribution is 2.37. The molecule has 0 radical (unpaired) electrons. The van der Waals surface area contributed by atoms with E-state index in [9.17, 15) is 27.6 Å². The van der Waals surface area contributed by atoms with Gasteiger partial charge in [0.15, 0.2) is 0 Å². The Morgan fingerprint density at radius 1 is 1.17 bits per heavy atom. The molecule has 15 heteroatoms. The number of nitrogens with zero attached hydrogens (tertiary/aromatic N) is 4. The average molecular weight is 648 g/mol. The molecule has 0 saturated carbocycles. The number of pyridine rings is 2. The standard InChI is InChI=1S/C31H30F5N5O5/c1-16-11-21(31(34,35)36)25(29(43)39(16)3)20-6-5-18(41-8-7-37-27(20)41)14-24(30(44)45-4)38-28(42)26-22(32)12-19(13-23(26)33)40-9-10-46-15-17(40)2/h5-8,11-13,17,24H,9-10,14-15H2,1-4H3,(H,38,42)/t17-,24-/m0/s1. The quantitative estimate of drug-likeness (QED) is 0.238. The zero-order chi connectivity index (χ0) is 33.5. The van der Waals surface area contributed by atoms with Crippen LogP contribution in [0.15, 0.2) is 47.5 Å². The first kappa shape index (κ1) is 32.6. The number of esters is 1. The number of carbonyl (C=O) groups excluding carboxylic acids is 2. The number of fused-ring (bicyclic) bond motifs is 1. The maximum absolute atomic E-state index is 15.2. The highest BCUT2D eigenvalue weighted by atomic mass is 19.4. The summed E-state index contributed by atoms with van der Waals surface area (Å²) in [5.41, 5.74) is -3.08. The van der Waals surface area contributed by atoms with Crippen LogP contribution in [0, 0.1) is 18.6 Å². The number of methoxy groups -OCH3 is 1. The van der Waals surface area contributed by atoms with Gasteiger partial charge in [0.1, 0.15) is 28.9 Å². The van der Waals surface area contributed by atoms with Crippen LogP contribution in [0.2, 0.25) is 0 Å². The molecule has 4 heterocycles. The maximum atomic E-state index is 15.2. The Hall–Kier alpha value is -4.79. The monoisotopic (exact) mass is 647 g/mol. The van der Waals surface area contributed by atoms with Crippen molar-refractivity contribution in [3.63, 3.8) is 0 Å². The molecule has 5 rings (SSSR count). The predicted molar refractivity (Wildman–Crippen MR) is 157 cm³/mol. The van der Waals surface area contributed by atoms with Crippen LogP contribution in [0.25, 0.3) is 16.8 Å². The second-order valence-electron chi connectivity index (χ2n) is 11.0. The highest BCUT2D eigenvalue weighted by molar-refractivity contribution is 5.97. The number of carbonyl (C=O) groups is 2. The number of nitrogens with one attached hydrogen (secondary N) is 1. The molecule has 1 amide bonds. The number of hydrogen-bond donors (Lipinski definition) is 1. The van der Waals surface area contributed by atoms with E-state index in [1.54, 1.807) is 4.90 Å². The Morgan fingerprint density at radius 2 is 1.87 bits per heavy atom. The summed E-state index contributed by atoms with van der Waals surface area (Å²) in [5, 5.41) is 2.31. The Morgan fingerprint density at radius 3 is 2.50 bits per heavy atom. The third-order valence-corrected chi connectivity index (χ3v) is 8.04. The molecule has 0 bridgehead atoms. The average Bonchev–Trinajstić information content (AvgIpc) is 3.49. The number of anilines is 1. The van der Waals surface area contributed by atoms with Crippen molar-refractivity contribution in [2.45, 2.75) is 38.5 Å². The molecular formula is C31H30F5N5O5. The van der Waals surface area contributed by atoms with E-state index in [2.05, 4.69) is 10.3 Å². The van der Waals surface area contributed by atoms with E-state index in [0.29, 0.717) is 19.8 Å². The second-order valence-corrected chi connectivity index (χ2v) is 11.0. The number of aryl methyl sites for hydroxylation is 1. The van der Waals surface area contributed by atoms with Crippen LogP contribution in [0.4, 0.5) is 27.6 Å². The van der Waals surface area contributed by atoms with Crippen LogP contribution >= 0.6 is 0 Å². The number of rotatable bonds is 7. The summed E-state index contributed by atoms with van der Waals surface area (Å²) in [4.78, 5) is 44.9. The van der Waals surface area contributed by atoms with Crippen molar-refractivity contribution in [2.24, 2.45) is 7.05 Å². The summed E-state index contributed by atoms with van der Waals surface area (Å²) in [6.45, 7) is 4.34. The number of aromatic nitrogens is 3. The van der Waals surface area contributed by atoms with Crippen LogP contribution in [0.3, 0.4) is 0 Å². The van der Waals surface area contributed by atoms with Gasteiger partial charge in [-0.2, -0.15) is 13.2 Å². The SMILES string of the molecule is COC(=O)[C@H](Cc1ccc(-c2c(C(F)(F)F)cc(C)n(C)c2=O)c2nccn12)NC(=O)c1c(F)cc(N2CCOC[C@@H]2C)cc1F. The van der Waals surface area contributed by atoms with Crippen molar-refractivity contribution >= 4 is 23.2 Å². The van der Waals surface area contributed by atoms with Crippen molar-refractivity contribution in [2.75, 3.05) is 31.8 Å². The smallest absolute Gasteiger partial charge is 0.417 e. The summed E-state index contributed by atoms with van der Waals surface area (Å²) >= 11 is 0. The fourth-order valence-electron chi connectivity index (χ4n) is 5.56. The van der Waals surface area contributed by atoms with Gasteiger partial charge in [0, 0.05) is 61.1 Å². The van der Waals surface area contributed by atoms with Crippen molar-refractivity contribution in [1.82, 2.24) is 19.3 Å². The molecule has 1 aliphatic rings. The molecule has 0 aliphatic carbocycles. The number of halogens is 5. The van der Waals surface area contributed by atoms with Crippen LogP contribution in [0.1, 0.15) is 34.2 Å². The van der Waals surface area contributed by atoms with Gasteiger partial charge in [0.2, 0.25) is 0 Å². The van der Waals surface area contributed by atoms with Gasteiger partial charge in [-0.15, -0.1) is 0 Å². The summed E-state index contributed by atoms with van der Waals surface area (Å²) in [7, 11) is 2.41. The normalized spacial score (nSPS) is 16.0. The lowest BCUT2D eigenvalue weighted by molar-refractivity contribution is -0.143. The van der Waals surface area contributed by atoms with Gasteiger partial charge < -0.3 is 28.7 Å². The minimum Gasteiger partial charge on any atom is -0.467 e. The molecule has 4 aromatic rings. The fourth-order valence-corrected chi connectivity index (χ4v) is 5.56. The number of amides is 1. The van der Waals surface area contributed by atoms with Crippen LogP contribution in [0.5, 0.6) is 0 Å². The third-order valence-electron chi connectivity index (χ3n) is 8.04. The lowest BCUT2D eigenvalue weighted by atomic mass is 9.99. The highest BCUT2D eigenvalue weighted by Gasteiger charge is 2.37. The lowest BCUT2D eigenvalue weighted by Crippen LogP contribution is -2.44. The van der Waals surface area contributed by atoms with E-state index in [-0.39, 0.29) is 40.7 Å². The van der Waals surface area contributed by atoms with E-state index in [1.807, 2.05) is 6.92 Å². The number of benzene rings is 1. The largest absolute Gasteiger partial charge is 0.467 e. The Kier molecular flexibility index (Phi) is 8.89. The number of alkyl halides is 3. The first-order valence-electron chi connectivity index (χ1n) is 14.2. The molecule has 1 fully saturated rings. The first-order chi connectivity index (χ1) is 21.7. The number of ether oxygens (including phenoxy) is 2. The Bertz CT molecular complexity index is 1860. The molecular weight excluding hydrogens is 617 g/mol. The van der Waals surface area contributed by atoms with Gasteiger partial charge in [-0.3, -0.25) is 9.59 Å². The van der Waals surface area contributed by atoms with E-state index >= 15 is 8.78 Å². The van der Waals surface area contributed by atoms with Gasteiger partial charge in [0.05, 0.1) is 31.5 Å². The third kappa shape index (κ3) is 6.06. The van der Waals surface area contributed by atoms with Crippen molar-refractivity contribution < 1.29 is 41.0 Å². The lowest BCUT2D eigenvalue weighted by Gasteiger charge is -2.35. The topological polar surface area (TPSA) is 107 Å². The van der Waals surface area contributed by atoms with Gasteiger partial charge in [-0.05, 0) is 44.2 Å². The van der Waals surface area contributed by atoms with Crippen molar-refractivity contribution in [3.05, 3.63) is 87.2 Å². The molecule has 3 aromatic heterocycles. The molecule has 1 aromatic carbocycles. The van der Waals surface area contributed by atoms with Gasteiger partial charge in [-0.25, -0.2) is 18.6 Å². The van der Waals surface area contributed by atoms with Crippen LogP contribution in [-0.2, 0) is 33.9 Å². The zero-order valence-corrected chi connectivity index (χ0v) is 25.2. The molecule has 2 atom stereocenters. The van der Waals surface area contributed by atoms with Crippen molar-refractivity contribution in [3.8, 4) is 11.1 Å². The summed E-state index contributed by atoms with van der Waals surface area (Å²) in [6, 6.07) is 3.95. The molecule has 244 valence electrons. The number of hydrogen-bond acceptors (Lipinski definition) is 7. The van der Waals surface area contributed by atoms with E-state index in [4.69, 9.17) is 9.47 Å². The van der Waals surface area contributed by atoms with Crippen LogP contribution in [-0.4, -0.2) is 64.8 Å². The van der Waals surface area contributed by atoms with E-state index in [0.717, 1.165) is 29.9 Å². The summed E-state index contributed by atoms with van der Waals surface area (Å²) < 4.78 is 85.2. The molecule has 0 spiro atoms. The van der Waals surface area contributed by atoms with Gasteiger partial charge in [-0.1, -0.05) is 0 Å². The summed E-state index contributed by atoms with van der Waals surface area (Å²) in [5.74, 6) is -4.45. The zero-order valence-electron chi connectivity index (χ0n) is 25.2. The van der Waals surface area contributed by atoms with Crippen molar-refractivity contribution in [1.29, 1.82) is 0 Å². The second kappa shape index (κ2) is 12.5. The first-order valence-corrected chi connectivity index (χ1v) is 14.2. The molecule has 1 saturated heterocycles. The Labute approximate surface area is 259 Å². The molecule has 10 nitrogen and oxygen atoms in total. The summed E-state index contributed by atoms with van der Waals surface area (Å²) in [6.07, 6.45) is -2.46. The molecule has 1 N–H and O–H groups in total. The Balaban J connectivity index is 1.49. The van der Waals surface area contributed by atoms with Gasteiger partial charge in [0.25, 0.3) is 11.5 Å². The van der Waals surface area contributed by atoms with E-state index in [1.165, 1.54) is 42.9 Å². The number of imidazole rings is 1.